The van der Waals surface area contributed by atoms with Crippen LogP contribution in [0.1, 0.15) is 23.6 Å². The van der Waals surface area contributed by atoms with Gasteiger partial charge in [0.25, 0.3) is 0 Å². The Morgan fingerprint density at radius 3 is 2.62 bits per heavy atom. The summed E-state index contributed by atoms with van der Waals surface area (Å²) >= 11 is 0. The number of likely N-dealkylation sites (tertiary alicyclic amines) is 1. The Morgan fingerprint density at radius 1 is 1.19 bits per heavy atom. The molecule has 2 aromatic rings. The number of aromatic amines is 1. The highest BCUT2D eigenvalue weighted by Crippen LogP contribution is 2.32. The van der Waals surface area contributed by atoms with Crippen molar-refractivity contribution in [1.29, 1.82) is 0 Å². The molecule has 0 spiro atoms. The quantitative estimate of drug-likeness (QED) is 0.877. The van der Waals surface area contributed by atoms with Gasteiger partial charge in [0.1, 0.15) is 0 Å². The van der Waals surface area contributed by atoms with Gasteiger partial charge < -0.3 is 9.88 Å². The van der Waals surface area contributed by atoms with Gasteiger partial charge in [-0.1, -0.05) is 36.4 Å². The average molecular weight is 280 g/mol. The van der Waals surface area contributed by atoms with Crippen molar-refractivity contribution in [1.82, 2.24) is 9.88 Å². The maximum absolute atomic E-state index is 12.2. The first kappa shape index (κ1) is 13.4. The van der Waals surface area contributed by atoms with Gasteiger partial charge in [0, 0.05) is 24.9 Å². The van der Waals surface area contributed by atoms with Gasteiger partial charge in [-0.2, -0.15) is 0 Å². The van der Waals surface area contributed by atoms with Crippen LogP contribution in [0.2, 0.25) is 0 Å². The number of nitrogens with zero attached hydrogens (tertiary/aromatic N) is 1. The predicted octanol–water partition coefficient (Wildman–Crippen LogP) is 2.36. The molecule has 1 aliphatic rings. The van der Waals surface area contributed by atoms with Crippen molar-refractivity contribution in [2.45, 2.75) is 12.5 Å². The van der Waals surface area contributed by atoms with Crippen molar-refractivity contribution in [3.05, 3.63) is 76.2 Å². The number of pyridine rings is 1. The molecule has 1 fully saturated rings. The van der Waals surface area contributed by atoms with E-state index in [9.17, 15) is 9.59 Å². The molecule has 4 nitrogen and oxygen atoms in total. The van der Waals surface area contributed by atoms with Crippen molar-refractivity contribution in [3.8, 4) is 0 Å². The highest BCUT2D eigenvalue weighted by atomic mass is 16.2. The molecular weight excluding hydrogens is 264 g/mol. The summed E-state index contributed by atoms with van der Waals surface area (Å²) in [6.45, 7) is 0.752. The predicted molar refractivity (Wildman–Crippen MR) is 81.6 cm³/mol. The molecule has 1 N–H and O–H groups in total. The molecule has 0 radical (unpaired) electrons. The Bertz CT molecular complexity index is 699. The molecule has 4 heteroatoms. The number of amides is 1. The molecule has 1 aromatic carbocycles. The SMILES string of the molecule is O=C(/C=C/c1ccccc1)N1CCC1c1ccc(=O)[nH]c1. The second-order valence-electron chi connectivity index (χ2n) is 5.07. The molecule has 3 rings (SSSR count). The molecule has 0 aliphatic carbocycles. The van der Waals surface area contributed by atoms with Crippen LogP contribution in [0, 0.1) is 0 Å². The minimum Gasteiger partial charge on any atom is -0.332 e. The third-order valence-electron chi connectivity index (χ3n) is 3.71. The Balaban J connectivity index is 1.69. The first-order valence-electron chi connectivity index (χ1n) is 6.96. The molecule has 1 saturated heterocycles. The van der Waals surface area contributed by atoms with Crippen molar-refractivity contribution < 1.29 is 4.79 Å². The van der Waals surface area contributed by atoms with Gasteiger partial charge >= 0.3 is 0 Å². The summed E-state index contributed by atoms with van der Waals surface area (Å²) in [6.07, 6.45) is 6.04. The van der Waals surface area contributed by atoms with Crippen molar-refractivity contribution in [2.75, 3.05) is 6.54 Å². The zero-order valence-corrected chi connectivity index (χ0v) is 11.5. The smallest absolute Gasteiger partial charge is 0.247 e. The molecule has 1 unspecified atom stereocenters. The van der Waals surface area contributed by atoms with E-state index in [0.29, 0.717) is 0 Å². The number of benzene rings is 1. The molecule has 1 atom stereocenters. The second-order valence-corrected chi connectivity index (χ2v) is 5.07. The fourth-order valence-corrected chi connectivity index (χ4v) is 2.45. The number of nitrogens with one attached hydrogen (secondary N) is 1. The van der Waals surface area contributed by atoms with E-state index in [1.54, 1.807) is 18.3 Å². The number of aromatic nitrogens is 1. The fourth-order valence-electron chi connectivity index (χ4n) is 2.45. The maximum Gasteiger partial charge on any atom is 0.247 e. The lowest BCUT2D eigenvalue weighted by Gasteiger charge is -2.40. The number of hydrogen-bond acceptors (Lipinski definition) is 2. The molecule has 1 aromatic heterocycles. The number of carbonyl (C=O) groups excluding carboxylic acids is 1. The van der Waals surface area contributed by atoms with E-state index in [-0.39, 0.29) is 17.5 Å². The maximum atomic E-state index is 12.2. The monoisotopic (exact) mass is 280 g/mol. The Labute approximate surface area is 122 Å². The summed E-state index contributed by atoms with van der Waals surface area (Å²) in [6, 6.07) is 13.1. The van der Waals surface area contributed by atoms with Crippen LogP contribution < -0.4 is 5.56 Å². The summed E-state index contributed by atoms with van der Waals surface area (Å²) in [4.78, 5) is 27.8. The van der Waals surface area contributed by atoms with Crippen LogP contribution in [0.3, 0.4) is 0 Å². The minimum atomic E-state index is -0.125. The highest BCUT2D eigenvalue weighted by Gasteiger charge is 2.32. The molecule has 0 bridgehead atoms. The van der Waals surface area contributed by atoms with E-state index < -0.39 is 0 Å². The van der Waals surface area contributed by atoms with Crippen LogP contribution in [0.5, 0.6) is 0 Å². The van der Waals surface area contributed by atoms with Gasteiger partial charge in [0.2, 0.25) is 11.5 Å². The lowest BCUT2D eigenvalue weighted by atomic mass is 9.96. The molecule has 2 heterocycles. The molecule has 106 valence electrons. The number of rotatable bonds is 3. The van der Waals surface area contributed by atoms with E-state index in [2.05, 4.69) is 4.98 Å². The van der Waals surface area contributed by atoms with E-state index in [1.807, 2.05) is 41.3 Å². The summed E-state index contributed by atoms with van der Waals surface area (Å²) in [7, 11) is 0. The van der Waals surface area contributed by atoms with Crippen LogP contribution in [-0.2, 0) is 4.79 Å². The normalized spacial score (nSPS) is 17.7. The molecule has 0 saturated carbocycles. The fraction of sp³-hybridized carbons (Fsp3) is 0.176. The van der Waals surface area contributed by atoms with Crippen LogP contribution in [0.15, 0.2) is 59.5 Å². The topological polar surface area (TPSA) is 53.2 Å². The van der Waals surface area contributed by atoms with Gasteiger partial charge in [-0.3, -0.25) is 9.59 Å². The lowest BCUT2D eigenvalue weighted by Crippen LogP contribution is -2.44. The van der Waals surface area contributed by atoms with Gasteiger partial charge in [-0.25, -0.2) is 0 Å². The van der Waals surface area contributed by atoms with Gasteiger partial charge in [0.15, 0.2) is 0 Å². The Kier molecular flexibility index (Phi) is 3.69. The zero-order valence-electron chi connectivity index (χ0n) is 11.5. The Morgan fingerprint density at radius 2 is 2.00 bits per heavy atom. The van der Waals surface area contributed by atoms with Crippen molar-refractivity contribution in [2.24, 2.45) is 0 Å². The molecular formula is C17H16N2O2. The summed E-state index contributed by atoms with van der Waals surface area (Å²) < 4.78 is 0. The van der Waals surface area contributed by atoms with Crippen LogP contribution in [0.4, 0.5) is 0 Å². The Hall–Kier alpha value is -2.62. The summed E-state index contributed by atoms with van der Waals surface area (Å²) in [5, 5.41) is 0. The summed E-state index contributed by atoms with van der Waals surface area (Å²) in [5.41, 5.74) is 1.86. The number of carbonyl (C=O) groups is 1. The lowest BCUT2D eigenvalue weighted by molar-refractivity contribution is -0.133. The molecule has 1 aliphatic heterocycles. The van der Waals surface area contributed by atoms with Gasteiger partial charge in [-0.05, 0) is 23.6 Å². The van der Waals surface area contributed by atoms with Gasteiger partial charge in [0.05, 0.1) is 6.04 Å². The van der Waals surface area contributed by atoms with Crippen LogP contribution in [0.25, 0.3) is 6.08 Å². The first-order valence-corrected chi connectivity index (χ1v) is 6.96. The van der Waals surface area contributed by atoms with Crippen LogP contribution >= 0.6 is 0 Å². The van der Waals surface area contributed by atoms with E-state index in [1.165, 1.54) is 6.07 Å². The zero-order chi connectivity index (χ0) is 14.7. The number of H-pyrrole nitrogens is 1. The minimum absolute atomic E-state index is 0.00121. The standard InChI is InChI=1S/C17H16N2O2/c20-16-8-7-14(12-18-16)15-10-11-19(15)17(21)9-6-13-4-2-1-3-5-13/h1-9,12,15H,10-11H2,(H,18,20)/b9-6+. The van der Waals surface area contributed by atoms with Crippen molar-refractivity contribution in [3.63, 3.8) is 0 Å². The highest BCUT2D eigenvalue weighted by molar-refractivity contribution is 5.92. The van der Waals surface area contributed by atoms with E-state index in [0.717, 1.165) is 24.1 Å². The summed E-state index contributed by atoms with van der Waals surface area (Å²) in [5.74, 6) is 0.00121. The van der Waals surface area contributed by atoms with E-state index in [4.69, 9.17) is 0 Å². The van der Waals surface area contributed by atoms with Crippen molar-refractivity contribution >= 4 is 12.0 Å². The molecule has 1 amide bonds. The van der Waals surface area contributed by atoms with E-state index >= 15 is 0 Å². The number of hydrogen-bond donors (Lipinski definition) is 1. The van der Waals surface area contributed by atoms with Crippen LogP contribution in [-0.4, -0.2) is 22.3 Å². The third-order valence-corrected chi connectivity index (χ3v) is 3.71. The average Bonchev–Trinajstić information content (AvgIpc) is 2.47. The third kappa shape index (κ3) is 2.94. The van der Waals surface area contributed by atoms with Gasteiger partial charge in [-0.15, -0.1) is 0 Å². The second kappa shape index (κ2) is 5.79. The largest absolute Gasteiger partial charge is 0.332 e. The first-order chi connectivity index (χ1) is 10.2. The molecule has 21 heavy (non-hydrogen) atoms.